The highest BCUT2D eigenvalue weighted by atomic mass is 35.5. The van der Waals surface area contributed by atoms with Crippen molar-refractivity contribution in [2.24, 2.45) is 5.92 Å². The van der Waals surface area contributed by atoms with E-state index < -0.39 is 17.4 Å². The molecule has 1 N–H and O–H groups in total. The first-order valence-corrected chi connectivity index (χ1v) is 6.81. The Bertz CT molecular complexity index is 508. The van der Waals surface area contributed by atoms with Crippen LogP contribution < -0.4 is 0 Å². The molecule has 0 aliphatic carbocycles. The van der Waals surface area contributed by atoms with Crippen LogP contribution in [0.2, 0.25) is 5.02 Å². The van der Waals surface area contributed by atoms with Gasteiger partial charge in [-0.15, -0.1) is 0 Å². The van der Waals surface area contributed by atoms with Crippen LogP contribution in [0.1, 0.15) is 38.1 Å². The van der Waals surface area contributed by atoms with Crippen LogP contribution in [0.5, 0.6) is 0 Å². The summed E-state index contributed by atoms with van der Waals surface area (Å²) in [6.45, 7) is 7.34. The van der Waals surface area contributed by atoms with Crippen molar-refractivity contribution in [1.29, 1.82) is 0 Å². The van der Waals surface area contributed by atoms with E-state index >= 15 is 0 Å². The van der Waals surface area contributed by atoms with Gasteiger partial charge >= 0.3 is 5.97 Å². The number of hydrogen-bond acceptors (Lipinski definition) is 2. The van der Waals surface area contributed by atoms with E-state index in [2.05, 4.69) is 0 Å². The van der Waals surface area contributed by atoms with E-state index in [1.165, 1.54) is 0 Å². The largest absolute Gasteiger partial charge is 0.481 e. The fraction of sp³-hybridized carbons (Fsp3) is 0.467. The van der Waals surface area contributed by atoms with E-state index in [0.29, 0.717) is 10.6 Å². The van der Waals surface area contributed by atoms with Gasteiger partial charge in [0.15, 0.2) is 0 Å². The van der Waals surface area contributed by atoms with Crippen molar-refractivity contribution in [2.45, 2.75) is 33.2 Å². The molecule has 0 aliphatic heterocycles. The van der Waals surface area contributed by atoms with Crippen molar-refractivity contribution in [3.05, 3.63) is 34.9 Å². The predicted octanol–water partition coefficient (Wildman–Crippen LogP) is 3.30. The van der Waals surface area contributed by atoms with Crippen molar-refractivity contribution >= 4 is 23.5 Å². The monoisotopic (exact) mass is 297 g/mol. The molecule has 1 amide bonds. The maximum absolute atomic E-state index is 12.6. The van der Waals surface area contributed by atoms with E-state index in [-0.39, 0.29) is 12.5 Å². The summed E-state index contributed by atoms with van der Waals surface area (Å²) in [5.41, 5.74) is -0.0957. The number of aliphatic carboxylic acids is 1. The molecule has 5 heteroatoms. The van der Waals surface area contributed by atoms with Crippen molar-refractivity contribution < 1.29 is 14.7 Å². The van der Waals surface area contributed by atoms with Gasteiger partial charge < -0.3 is 10.0 Å². The van der Waals surface area contributed by atoms with Gasteiger partial charge in [0.2, 0.25) is 0 Å². The lowest BCUT2D eigenvalue weighted by molar-refractivity contribution is -0.141. The van der Waals surface area contributed by atoms with Crippen LogP contribution in [0, 0.1) is 5.92 Å². The average Bonchev–Trinajstić information content (AvgIpc) is 2.33. The fourth-order valence-electron chi connectivity index (χ4n) is 1.79. The molecule has 0 spiro atoms. The molecule has 4 nitrogen and oxygen atoms in total. The Morgan fingerprint density at radius 2 is 1.85 bits per heavy atom. The maximum atomic E-state index is 12.6. The Labute approximate surface area is 124 Å². The first-order valence-electron chi connectivity index (χ1n) is 6.44. The zero-order valence-corrected chi connectivity index (χ0v) is 12.9. The quantitative estimate of drug-likeness (QED) is 0.927. The van der Waals surface area contributed by atoms with Gasteiger partial charge in [0, 0.05) is 12.1 Å². The molecule has 1 aromatic rings. The van der Waals surface area contributed by atoms with Gasteiger partial charge in [0.1, 0.15) is 0 Å². The summed E-state index contributed by atoms with van der Waals surface area (Å²) in [7, 11) is 0. The van der Waals surface area contributed by atoms with Crippen molar-refractivity contribution in [3.8, 4) is 0 Å². The standard InChI is InChI=1S/C15H20ClNO3/c1-10(14(19)20)9-17(15(2,3)4)13(18)11-7-5-6-8-12(11)16/h5-8,10H,9H2,1-4H3,(H,19,20). The van der Waals surface area contributed by atoms with Crippen LogP contribution in [0.15, 0.2) is 24.3 Å². The minimum absolute atomic E-state index is 0.142. The number of rotatable bonds is 4. The van der Waals surface area contributed by atoms with E-state index in [1.807, 2.05) is 20.8 Å². The van der Waals surface area contributed by atoms with Crippen LogP contribution in [-0.2, 0) is 4.79 Å². The second-order valence-corrected chi connectivity index (χ2v) is 6.21. The number of benzene rings is 1. The van der Waals surface area contributed by atoms with E-state index in [9.17, 15) is 9.59 Å². The molecule has 0 bridgehead atoms. The van der Waals surface area contributed by atoms with E-state index in [0.717, 1.165) is 0 Å². The van der Waals surface area contributed by atoms with Crippen molar-refractivity contribution in [1.82, 2.24) is 4.90 Å². The zero-order valence-electron chi connectivity index (χ0n) is 12.2. The fourth-order valence-corrected chi connectivity index (χ4v) is 2.01. The molecule has 0 saturated heterocycles. The molecule has 0 heterocycles. The second-order valence-electron chi connectivity index (χ2n) is 5.81. The highest BCUT2D eigenvalue weighted by Crippen LogP contribution is 2.23. The highest BCUT2D eigenvalue weighted by molar-refractivity contribution is 6.33. The molecule has 1 aromatic carbocycles. The molecule has 0 aliphatic rings. The molecular formula is C15H20ClNO3. The lowest BCUT2D eigenvalue weighted by Crippen LogP contribution is -2.48. The number of halogens is 1. The summed E-state index contributed by atoms with van der Waals surface area (Å²) in [6, 6.07) is 6.78. The van der Waals surface area contributed by atoms with Gasteiger partial charge in [-0.3, -0.25) is 9.59 Å². The van der Waals surface area contributed by atoms with Gasteiger partial charge in [0.05, 0.1) is 16.5 Å². The molecule has 0 fully saturated rings. The van der Waals surface area contributed by atoms with E-state index in [1.54, 1.807) is 36.1 Å². The lowest BCUT2D eigenvalue weighted by Gasteiger charge is -2.37. The van der Waals surface area contributed by atoms with Crippen LogP contribution >= 0.6 is 11.6 Å². The second kappa shape index (κ2) is 6.27. The Kier molecular flexibility index (Phi) is 5.17. The number of amides is 1. The number of nitrogens with zero attached hydrogens (tertiary/aromatic N) is 1. The Morgan fingerprint density at radius 3 is 2.30 bits per heavy atom. The summed E-state index contributed by atoms with van der Waals surface area (Å²) in [5.74, 6) is -1.82. The van der Waals surface area contributed by atoms with Crippen LogP contribution in [-0.4, -0.2) is 34.0 Å². The molecule has 0 aromatic heterocycles. The normalized spacial score (nSPS) is 12.8. The minimum atomic E-state index is -0.925. The van der Waals surface area contributed by atoms with Crippen LogP contribution in [0.25, 0.3) is 0 Å². The van der Waals surface area contributed by atoms with E-state index in [4.69, 9.17) is 16.7 Å². The Morgan fingerprint density at radius 1 is 1.30 bits per heavy atom. The third kappa shape index (κ3) is 3.97. The summed E-state index contributed by atoms with van der Waals surface area (Å²) < 4.78 is 0. The third-order valence-electron chi connectivity index (χ3n) is 3.04. The average molecular weight is 298 g/mol. The number of carbonyl (C=O) groups is 2. The number of carboxylic acids is 1. The maximum Gasteiger partial charge on any atom is 0.308 e. The first kappa shape index (κ1) is 16.5. The number of carbonyl (C=O) groups excluding carboxylic acids is 1. The topological polar surface area (TPSA) is 57.6 Å². The minimum Gasteiger partial charge on any atom is -0.481 e. The smallest absolute Gasteiger partial charge is 0.308 e. The van der Waals surface area contributed by atoms with Crippen LogP contribution in [0.4, 0.5) is 0 Å². The van der Waals surface area contributed by atoms with Gasteiger partial charge in [-0.25, -0.2) is 0 Å². The first-order chi connectivity index (χ1) is 9.14. The third-order valence-corrected chi connectivity index (χ3v) is 3.37. The SMILES string of the molecule is CC(CN(C(=O)c1ccccc1Cl)C(C)(C)C)C(=O)O. The number of carboxylic acid groups (broad SMARTS) is 1. The predicted molar refractivity (Wildman–Crippen MR) is 79.0 cm³/mol. The molecule has 0 saturated carbocycles. The molecule has 1 rings (SSSR count). The summed E-state index contributed by atoms with van der Waals surface area (Å²) in [4.78, 5) is 25.2. The Hall–Kier alpha value is -1.55. The van der Waals surface area contributed by atoms with Gasteiger partial charge in [-0.2, -0.15) is 0 Å². The molecule has 0 radical (unpaired) electrons. The highest BCUT2D eigenvalue weighted by Gasteiger charge is 2.31. The van der Waals surface area contributed by atoms with Gasteiger partial charge in [0.25, 0.3) is 5.91 Å². The van der Waals surface area contributed by atoms with Crippen molar-refractivity contribution in [3.63, 3.8) is 0 Å². The number of hydrogen-bond donors (Lipinski definition) is 1. The van der Waals surface area contributed by atoms with Gasteiger partial charge in [-0.1, -0.05) is 30.7 Å². The summed E-state index contributed by atoms with van der Waals surface area (Å²) in [5, 5.41) is 9.41. The molecule has 1 atom stereocenters. The molecule has 1 unspecified atom stereocenters. The van der Waals surface area contributed by atoms with Crippen LogP contribution in [0.3, 0.4) is 0 Å². The molecule has 110 valence electrons. The van der Waals surface area contributed by atoms with Gasteiger partial charge in [-0.05, 0) is 32.9 Å². The Balaban J connectivity index is 3.09. The summed E-state index contributed by atoms with van der Waals surface area (Å²) in [6.07, 6.45) is 0. The molecular weight excluding hydrogens is 278 g/mol. The molecule has 20 heavy (non-hydrogen) atoms. The zero-order chi connectivity index (χ0) is 15.5. The summed E-state index contributed by atoms with van der Waals surface area (Å²) >= 11 is 6.05. The van der Waals surface area contributed by atoms with Crippen molar-refractivity contribution in [2.75, 3.05) is 6.54 Å². The lowest BCUT2D eigenvalue weighted by atomic mass is 10.0.